The lowest BCUT2D eigenvalue weighted by atomic mass is 9.97. The summed E-state index contributed by atoms with van der Waals surface area (Å²) in [7, 11) is 0. The molecule has 0 aliphatic heterocycles. The highest BCUT2D eigenvalue weighted by Gasteiger charge is 2.25. The molecule has 1 aromatic heterocycles. The Hall–Kier alpha value is -2.10. The summed E-state index contributed by atoms with van der Waals surface area (Å²) >= 11 is 0. The Bertz CT molecular complexity index is 716. The lowest BCUT2D eigenvalue weighted by Crippen LogP contribution is -2.14. The molecule has 0 saturated carbocycles. The Kier molecular flexibility index (Phi) is 5.24. The Morgan fingerprint density at radius 2 is 2.04 bits per heavy atom. The lowest BCUT2D eigenvalue weighted by Gasteiger charge is -2.16. The van der Waals surface area contributed by atoms with E-state index in [0.29, 0.717) is 11.1 Å². The minimum absolute atomic E-state index is 0.210. The number of hydrogen-bond acceptors (Lipinski definition) is 1. The van der Waals surface area contributed by atoms with Crippen LogP contribution in [0.15, 0.2) is 24.3 Å². The van der Waals surface area contributed by atoms with Gasteiger partial charge in [-0.15, -0.1) is 0 Å². The van der Waals surface area contributed by atoms with Crippen LogP contribution < -0.4 is 5.73 Å². The van der Waals surface area contributed by atoms with Crippen LogP contribution in [0.2, 0.25) is 0 Å². The van der Waals surface area contributed by atoms with Gasteiger partial charge in [0.15, 0.2) is 0 Å². The summed E-state index contributed by atoms with van der Waals surface area (Å²) in [5.74, 6) is -0.770. The first-order valence-corrected chi connectivity index (χ1v) is 8.17. The van der Waals surface area contributed by atoms with E-state index in [1.165, 1.54) is 12.1 Å². The van der Waals surface area contributed by atoms with Crippen molar-refractivity contribution in [3.05, 3.63) is 47.0 Å². The number of carbonyl (C=O) groups excluding carboxylic acids is 1. The molecular formula is C19H25FN2O. The van der Waals surface area contributed by atoms with Crippen molar-refractivity contribution in [1.29, 1.82) is 0 Å². The SMILES string of the molecule is CCCCc1c(-c2cccc(F)c2)c(C(N)=O)c(C)n1C(C)C. The molecule has 1 amide bonds. The molecule has 0 spiro atoms. The number of benzene rings is 1. The number of rotatable bonds is 6. The van der Waals surface area contributed by atoms with Gasteiger partial charge in [-0.2, -0.15) is 0 Å². The van der Waals surface area contributed by atoms with Crippen LogP contribution in [0, 0.1) is 12.7 Å². The molecule has 2 rings (SSSR count). The minimum atomic E-state index is -0.459. The van der Waals surface area contributed by atoms with Gasteiger partial charge in [0.05, 0.1) is 5.56 Å². The third-order valence-corrected chi connectivity index (χ3v) is 4.20. The van der Waals surface area contributed by atoms with Crippen molar-refractivity contribution in [2.75, 3.05) is 0 Å². The first-order chi connectivity index (χ1) is 10.9. The fourth-order valence-corrected chi connectivity index (χ4v) is 3.31. The number of primary amides is 1. The predicted octanol–water partition coefficient (Wildman–Crippen LogP) is 4.63. The van der Waals surface area contributed by atoms with Gasteiger partial charge in [-0.3, -0.25) is 4.79 Å². The molecule has 0 aliphatic rings. The maximum atomic E-state index is 13.7. The van der Waals surface area contributed by atoms with Crippen LogP contribution in [-0.4, -0.2) is 10.5 Å². The number of hydrogen-bond donors (Lipinski definition) is 1. The number of carbonyl (C=O) groups is 1. The molecule has 3 nitrogen and oxygen atoms in total. The largest absolute Gasteiger partial charge is 0.366 e. The second-order valence-corrected chi connectivity index (χ2v) is 6.22. The lowest BCUT2D eigenvalue weighted by molar-refractivity contribution is 0.1000. The Morgan fingerprint density at radius 1 is 1.35 bits per heavy atom. The molecule has 0 bridgehead atoms. The van der Waals surface area contributed by atoms with Crippen LogP contribution in [0.4, 0.5) is 4.39 Å². The zero-order chi connectivity index (χ0) is 17.1. The summed E-state index contributed by atoms with van der Waals surface area (Å²) in [5.41, 5.74) is 9.60. The van der Waals surface area contributed by atoms with Crippen molar-refractivity contribution in [2.24, 2.45) is 5.73 Å². The number of amides is 1. The average Bonchev–Trinajstić information content (AvgIpc) is 2.77. The Morgan fingerprint density at radius 3 is 2.57 bits per heavy atom. The second kappa shape index (κ2) is 6.99. The second-order valence-electron chi connectivity index (χ2n) is 6.22. The minimum Gasteiger partial charge on any atom is -0.366 e. The van der Waals surface area contributed by atoms with Crippen molar-refractivity contribution in [3.8, 4) is 11.1 Å². The third-order valence-electron chi connectivity index (χ3n) is 4.20. The van der Waals surface area contributed by atoms with Gasteiger partial charge in [-0.05, 0) is 51.3 Å². The summed E-state index contributed by atoms with van der Waals surface area (Å²) in [6.07, 6.45) is 2.90. The number of nitrogens with zero attached hydrogens (tertiary/aromatic N) is 1. The molecule has 0 atom stereocenters. The van der Waals surface area contributed by atoms with E-state index < -0.39 is 5.91 Å². The highest BCUT2D eigenvalue weighted by molar-refractivity contribution is 6.02. The van der Waals surface area contributed by atoms with E-state index in [1.54, 1.807) is 6.07 Å². The van der Waals surface area contributed by atoms with Gasteiger partial charge in [-0.1, -0.05) is 25.5 Å². The highest BCUT2D eigenvalue weighted by Crippen LogP contribution is 2.35. The zero-order valence-corrected chi connectivity index (χ0v) is 14.3. The molecule has 0 unspecified atom stereocenters. The molecule has 2 N–H and O–H groups in total. The maximum Gasteiger partial charge on any atom is 0.251 e. The van der Waals surface area contributed by atoms with Gasteiger partial charge in [-0.25, -0.2) is 4.39 Å². The normalized spacial score (nSPS) is 11.2. The van der Waals surface area contributed by atoms with Crippen LogP contribution in [0.1, 0.15) is 61.4 Å². The van der Waals surface area contributed by atoms with E-state index in [-0.39, 0.29) is 11.9 Å². The maximum absolute atomic E-state index is 13.7. The van der Waals surface area contributed by atoms with E-state index >= 15 is 0 Å². The van der Waals surface area contributed by atoms with Gasteiger partial charge in [0.1, 0.15) is 5.82 Å². The molecule has 1 aromatic carbocycles. The fourth-order valence-electron chi connectivity index (χ4n) is 3.31. The van der Waals surface area contributed by atoms with Crippen molar-refractivity contribution >= 4 is 5.91 Å². The van der Waals surface area contributed by atoms with E-state index in [1.807, 2.05) is 13.0 Å². The number of nitrogens with two attached hydrogens (primary N) is 1. The molecule has 1 heterocycles. The van der Waals surface area contributed by atoms with Crippen molar-refractivity contribution in [1.82, 2.24) is 4.57 Å². The van der Waals surface area contributed by atoms with Crippen LogP contribution in [-0.2, 0) is 6.42 Å². The molecule has 2 aromatic rings. The van der Waals surface area contributed by atoms with E-state index in [9.17, 15) is 9.18 Å². The van der Waals surface area contributed by atoms with Crippen LogP contribution in [0.25, 0.3) is 11.1 Å². The van der Waals surface area contributed by atoms with Crippen LogP contribution in [0.5, 0.6) is 0 Å². The van der Waals surface area contributed by atoms with Gasteiger partial charge in [0.2, 0.25) is 0 Å². The van der Waals surface area contributed by atoms with Gasteiger partial charge < -0.3 is 10.3 Å². The van der Waals surface area contributed by atoms with Crippen LogP contribution >= 0.6 is 0 Å². The Labute approximate surface area is 137 Å². The molecular weight excluding hydrogens is 291 g/mol. The molecule has 0 aliphatic carbocycles. The quantitative estimate of drug-likeness (QED) is 0.830. The predicted molar refractivity (Wildman–Crippen MR) is 92.1 cm³/mol. The number of halogens is 1. The number of aromatic nitrogens is 1. The number of unbranched alkanes of at least 4 members (excludes halogenated alkanes) is 1. The summed E-state index contributed by atoms with van der Waals surface area (Å²) in [5, 5.41) is 0. The topological polar surface area (TPSA) is 48.0 Å². The summed E-state index contributed by atoms with van der Waals surface area (Å²) in [4.78, 5) is 12.1. The molecule has 4 heteroatoms. The molecule has 0 fully saturated rings. The molecule has 23 heavy (non-hydrogen) atoms. The first-order valence-electron chi connectivity index (χ1n) is 8.17. The standard InChI is InChI=1S/C19H25FN2O/c1-5-6-10-16-18(14-8-7-9-15(20)11-14)17(19(21)23)13(4)22(16)12(2)3/h7-9,11-12H,5-6,10H2,1-4H3,(H2,21,23). The van der Waals surface area contributed by atoms with E-state index in [4.69, 9.17) is 5.73 Å². The van der Waals surface area contributed by atoms with E-state index in [0.717, 1.165) is 36.2 Å². The van der Waals surface area contributed by atoms with E-state index in [2.05, 4.69) is 25.3 Å². The Balaban J connectivity index is 2.80. The van der Waals surface area contributed by atoms with Gasteiger partial charge in [0, 0.05) is 23.0 Å². The fraction of sp³-hybridized carbons (Fsp3) is 0.421. The monoisotopic (exact) mass is 316 g/mol. The summed E-state index contributed by atoms with van der Waals surface area (Å²) < 4.78 is 15.9. The van der Waals surface area contributed by atoms with Gasteiger partial charge >= 0.3 is 0 Å². The molecule has 0 saturated heterocycles. The third kappa shape index (κ3) is 3.31. The van der Waals surface area contributed by atoms with Crippen LogP contribution in [0.3, 0.4) is 0 Å². The smallest absolute Gasteiger partial charge is 0.251 e. The summed E-state index contributed by atoms with van der Waals surface area (Å²) in [6, 6.07) is 6.60. The molecule has 124 valence electrons. The van der Waals surface area contributed by atoms with Crippen molar-refractivity contribution < 1.29 is 9.18 Å². The summed E-state index contributed by atoms with van der Waals surface area (Å²) in [6.45, 7) is 8.22. The first kappa shape index (κ1) is 17.3. The highest BCUT2D eigenvalue weighted by atomic mass is 19.1. The average molecular weight is 316 g/mol. The van der Waals surface area contributed by atoms with Crippen molar-refractivity contribution in [2.45, 2.75) is 53.0 Å². The molecule has 0 radical (unpaired) electrons. The van der Waals surface area contributed by atoms with Gasteiger partial charge in [0.25, 0.3) is 5.91 Å². The van der Waals surface area contributed by atoms with Crippen molar-refractivity contribution in [3.63, 3.8) is 0 Å². The zero-order valence-electron chi connectivity index (χ0n) is 14.3.